The second kappa shape index (κ2) is 7.37. The summed E-state index contributed by atoms with van der Waals surface area (Å²) in [6.07, 6.45) is 0.344. The van der Waals surface area contributed by atoms with Crippen LogP contribution in [-0.4, -0.2) is 44.8 Å². The van der Waals surface area contributed by atoms with Crippen LogP contribution < -0.4 is 5.32 Å². The maximum absolute atomic E-state index is 11.2. The van der Waals surface area contributed by atoms with Crippen LogP contribution in [0, 0.1) is 11.3 Å². The van der Waals surface area contributed by atoms with Crippen molar-refractivity contribution in [2.75, 3.05) is 33.9 Å². The summed E-state index contributed by atoms with van der Waals surface area (Å²) in [5.74, 6) is 0. The van der Waals surface area contributed by atoms with Crippen LogP contribution in [0.2, 0.25) is 0 Å². The smallest absolute Gasteiger partial charge is 0.317 e. The Morgan fingerprint density at radius 3 is 2.77 bits per heavy atom. The number of rotatable bonds is 5. The summed E-state index contributed by atoms with van der Waals surface area (Å²) in [6, 6.07) is 1.82. The van der Waals surface area contributed by atoms with Crippen molar-refractivity contribution in [3.63, 3.8) is 0 Å². The molecule has 0 aliphatic carbocycles. The molecule has 0 atom stereocenters. The molecule has 0 aromatic rings. The maximum atomic E-state index is 11.2. The minimum absolute atomic E-state index is 0.174. The van der Waals surface area contributed by atoms with Crippen molar-refractivity contribution in [2.45, 2.75) is 6.42 Å². The van der Waals surface area contributed by atoms with E-state index in [0.717, 1.165) is 0 Å². The molecule has 0 bridgehead atoms. The Hall–Kier alpha value is -1.28. The van der Waals surface area contributed by atoms with Crippen molar-refractivity contribution in [2.24, 2.45) is 0 Å². The average molecular weight is 185 g/mol. The number of carbonyl (C=O) groups excluding carboxylic acids is 1. The van der Waals surface area contributed by atoms with E-state index in [4.69, 9.17) is 10.00 Å². The summed E-state index contributed by atoms with van der Waals surface area (Å²) in [5.41, 5.74) is 0. The number of nitrogens with zero attached hydrogens (tertiary/aromatic N) is 2. The van der Waals surface area contributed by atoms with Crippen molar-refractivity contribution in [1.29, 1.82) is 5.26 Å². The Morgan fingerprint density at radius 2 is 2.31 bits per heavy atom. The summed E-state index contributed by atoms with van der Waals surface area (Å²) in [5, 5.41) is 10.9. The molecule has 0 aliphatic rings. The highest BCUT2D eigenvalue weighted by atomic mass is 16.5. The van der Waals surface area contributed by atoms with E-state index in [-0.39, 0.29) is 6.03 Å². The first-order valence-electron chi connectivity index (χ1n) is 4.08. The molecule has 0 saturated carbocycles. The quantitative estimate of drug-likeness (QED) is 0.664. The highest BCUT2D eigenvalue weighted by Gasteiger charge is 2.09. The molecular formula is C8H15N3O2. The molecule has 0 saturated heterocycles. The lowest BCUT2D eigenvalue weighted by Gasteiger charge is -2.20. The van der Waals surface area contributed by atoms with Gasteiger partial charge in [-0.3, -0.25) is 0 Å². The molecule has 1 N–H and O–H groups in total. The number of ether oxygens (including phenoxy) is 1. The SMILES string of the molecule is CNC(=O)N(CCC#N)CCOC. The molecule has 5 heteroatoms. The van der Waals surface area contributed by atoms with Crippen LogP contribution in [0.1, 0.15) is 6.42 Å². The maximum Gasteiger partial charge on any atom is 0.317 e. The molecule has 5 nitrogen and oxygen atoms in total. The normalized spacial score (nSPS) is 9.00. The molecule has 0 aromatic heterocycles. The van der Waals surface area contributed by atoms with E-state index in [0.29, 0.717) is 26.1 Å². The first-order valence-corrected chi connectivity index (χ1v) is 4.08. The second-order valence-corrected chi connectivity index (χ2v) is 2.44. The number of amides is 2. The number of nitrogens with one attached hydrogen (secondary N) is 1. The fourth-order valence-electron chi connectivity index (χ4n) is 0.859. The summed E-state index contributed by atoms with van der Waals surface area (Å²) in [6.45, 7) is 1.44. The predicted molar refractivity (Wildman–Crippen MR) is 48.1 cm³/mol. The Kier molecular flexibility index (Phi) is 6.65. The van der Waals surface area contributed by atoms with Gasteiger partial charge in [-0.25, -0.2) is 4.79 Å². The lowest BCUT2D eigenvalue weighted by molar-refractivity contribution is 0.151. The third-order valence-electron chi connectivity index (χ3n) is 1.56. The van der Waals surface area contributed by atoms with Crippen LogP contribution in [0.3, 0.4) is 0 Å². The number of carbonyl (C=O) groups is 1. The Morgan fingerprint density at radius 1 is 1.62 bits per heavy atom. The number of hydrogen-bond donors (Lipinski definition) is 1. The minimum atomic E-state index is -0.174. The van der Waals surface area contributed by atoms with E-state index in [1.807, 2.05) is 6.07 Å². The molecule has 13 heavy (non-hydrogen) atoms. The summed E-state index contributed by atoms with van der Waals surface area (Å²) in [7, 11) is 3.14. The van der Waals surface area contributed by atoms with Gasteiger partial charge in [-0.2, -0.15) is 5.26 Å². The first kappa shape index (κ1) is 11.7. The standard InChI is InChI=1S/C8H15N3O2/c1-10-8(12)11(5-3-4-9)6-7-13-2/h3,5-7H2,1-2H3,(H,10,12). The van der Waals surface area contributed by atoms with Crippen LogP contribution in [0.5, 0.6) is 0 Å². The van der Waals surface area contributed by atoms with Gasteiger partial charge in [0.2, 0.25) is 0 Å². The van der Waals surface area contributed by atoms with E-state index in [1.54, 1.807) is 19.1 Å². The molecule has 0 radical (unpaired) electrons. The lowest BCUT2D eigenvalue weighted by Crippen LogP contribution is -2.40. The second-order valence-electron chi connectivity index (χ2n) is 2.44. The van der Waals surface area contributed by atoms with Crippen molar-refractivity contribution in [3.05, 3.63) is 0 Å². The van der Waals surface area contributed by atoms with E-state index in [2.05, 4.69) is 5.32 Å². The van der Waals surface area contributed by atoms with Crippen LogP contribution >= 0.6 is 0 Å². The Bertz CT molecular complexity index is 188. The molecule has 0 unspecified atom stereocenters. The van der Waals surface area contributed by atoms with Gasteiger partial charge in [-0.1, -0.05) is 0 Å². The zero-order valence-electron chi connectivity index (χ0n) is 8.04. The Balaban J connectivity index is 3.88. The van der Waals surface area contributed by atoms with Gasteiger partial charge in [-0.05, 0) is 0 Å². The number of hydrogen-bond acceptors (Lipinski definition) is 3. The molecule has 0 heterocycles. The predicted octanol–water partition coefficient (Wildman–Crippen LogP) is 0.188. The van der Waals surface area contributed by atoms with E-state index >= 15 is 0 Å². The molecule has 0 spiro atoms. The van der Waals surface area contributed by atoms with Gasteiger partial charge in [0.15, 0.2) is 0 Å². The number of urea groups is 1. The van der Waals surface area contributed by atoms with Gasteiger partial charge in [0.25, 0.3) is 0 Å². The van der Waals surface area contributed by atoms with Crippen LogP contribution in [0.4, 0.5) is 4.79 Å². The number of nitriles is 1. The summed E-state index contributed by atoms with van der Waals surface area (Å²) >= 11 is 0. The largest absolute Gasteiger partial charge is 0.383 e. The molecule has 74 valence electrons. The molecular weight excluding hydrogens is 170 g/mol. The van der Waals surface area contributed by atoms with Gasteiger partial charge < -0.3 is 15.0 Å². The van der Waals surface area contributed by atoms with Crippen molar-refractivity contribution < 1.29 is 9.53 Å². The van der Waals surface area contributed by atoms with Gasteiger partial charge in [0, 0.05) is 27.2 Å². The zero-order valence-corrected chi connectivity index (χ0v) is 8.04. The first-order chi connectivity index (χ1) is 6.26. The Labute approximate surface area is 78.3 Å². The van der Waals surface area contributed by atoms with Crippen LogP contribution in [0.15, 0.2) is 0 Å². The van der Waals surface area contributed by atoms with Crippen molar-refractivity contribution in [3.8, 4) is 6.07 Å². The molecule has 0 fully saturated rings. The molecule has 0 aromatic carbocycles. The summed E-state index contributed by atoms with van der Waals surface area (Å²) < 4.78 is 4.84. The monoisotopic (exact) mass is 185 g/mol. The van der Waals surface area contributed by atoms with Gasteiger partial charge in [-0.15, -0.1) is 0 Å². The minimum Gasteiger partial charge on any atom is -0.383 e. The molecule has 2 amide bonds. The van der Waals surface area contributed by atoms with Crippen molar-refractivity contribution >= 4 is 6.03 Å². The van der Waals surface area contributed by atoms with E-state index in [9.17, 15) is 4.79 Å². The molecule has 0 rings (SSSR count). The van der Waals surface area contributed by atoms with Crippen LogP contribution in [-0.2, 0) is 4.74 Å². The van der Waals surface area contributed by atoms with Gasteiger partial charge in [0.1, 0.15) is 0 Å². The lowest BCUT2D eigenvalue weighted by atomic mass is 10.4. The average Bonchev–Trinajstić information content (AvgIpc) is 2.17. The van der Waals surface area contributed by atoms with Gasteiger partial charge in [0.05, 0.1) is 19.1 Å². The van der Waals surface area contributed by atoms with Gasteiger partial charge >= 0.3 is 6.03 Å². The van der Waals surface area contributed by atoms with Crippen LogP contribution in [0.25, 0.3) is 0 Å². The third kappa shape index (κ3) is 5.04. The van der Waals surface area contributed by atoms with E-state index < -0.39 is 0 Å². The topological polar surface area (TPSA) is 65.4 Å². The third-order valence-corrected chi connectivity index (χ3v) is 1.56. The fourth-order valence-corrected chi connectivity index (χ4v) is 0.859. The summed E-state index contributed by atoms with van der Waals surface area (Å²) in [4.78, 5) is 12.7. The highest BCUT2D eigenvalue weighted by Crippen LogP contribution is 1.91. The number of methoxy groups -OCH3 is 1. The highest BCUT2D eigenvalue weighted by molar-refractivity contribution is 5.73. The zero-order chi connectivity index (χ0) is 10.1. The van der Waals surface area contributed by atoms with E-state index in [1.165, 1.54) is 0 Å². The van der Waals surface area contributed by atoms with Crippen molar-refractivity contribution in [1.82, 2.24) is 10.2 Å². The molecule has 0 aliphatic heterocycles. The fraction of sp³-hybridized carbons (Fsp3) is 0.750.